The summed E-state index contributed by atoms with van der Waals surface area (Å²) < 4.78 is 13.6. The van der Waals surface area contributed by atoms with Gasteiger partial charge < -0.3 is 14.2 Å². The summed E-state index contributed by atoms with van der Waals surface area (Å²) in [5, 5.41) is 0. The van der Waals surface area contributed by atoms with Crippen molar-refractivity contribution in [3.05, 3.63) is 0 Å². The summed E-state index contributed by atoms with van der Waals surface area (Å²) >= 11 is 0. The van der Waals surface area contributed by atoms with Crippen molar-refractivity contribution in [2.24, 2.45) is 0 Å². The Labute approximate surface area is 97.1 Å². The average molecular weight is 234 g/mol. The van der Waals surface area contributed by atoms with E-state index in [9.17, 15) is 9.59 Å². The first kappa shape index (κ1) is 17.3. The zero-order valence-electron chi connectivity index (χ0n) is 10.6. The maximum Gasteiger partial charge on any atom is 0.307 e. The molecular weight excluding hydrogens is 212 g/mol. The highest BCUT2D eigenvalue weighted by Crippen LogP contribution is 1.86. The van der Waals surface area contributed by atoms with Gasteiger partial charge in [0.2, 0.25) is 0 Å². The van der Waals surface area contributed by atoms with Gasteiger partial charge in [-0.15, -0.1) is 0 Å². The van der Waals surface area contributed by atoms with Gasteiger partial charge in [0.1, 0.15) is 0 Å². The third-order valence-electron chi connectivity index (χ3n) is 1.54. The fourth-order valence-corrected chi connectivity index (χ4v) is 0.648. The van der Waals surface area contributed by atoms with E-state index >= 15 is 0 Å². The van der Waals surface area contributed by atoms with Crippen LogP contribution in [0.5, 0.6) is 0 Å². The molecule has 5 heteroatoms. The first-order valence-corrected chi connectivity index (χ1v) is 5.27. The van der Waals surface area contributed by atoms with Gasteiger partial charge in [-0.05, 0) is 6.42 Å². The topological polar surface area (TPSA) is 61.8 Å². The highest BCUT2D eigenvalue weighted by molar-refractivity contribution is 5.69. The molecule has 0 aliphatic rings. The van der Waals surface area contributed by atoms with Gasteiger partial charge in [-0.3, -0.25) is 9.59 Å². The van der Waals surface area contributed by atoms with Gasteiger partial charge in [-0.25, -0.2) is 0 Å². The van der Waals surface area contributed by atoms with E-state index in [0.717, 1.165) is 12.8 Å². The average Bonchev–Trinajstić information content (AvgIpc) is 2.26. The molecule has 0 aliphatic heterocycles. The highest BCUT2D eigenvalue weighted by Gasteiger charge is 1.95. The normalized spacial score (nSPS) is 8.75. The Bertz CT molecular complexity index is 179. The Morgan fingerprint density at radius 1 is 1.12 bits per heavy atom. The molecule has 96 valence electrons. The molecular formula is C11H22O5. The molecule has 0 heterocycles. The molecule has 0 spiro atoms. The molecule has 0 aromatic heterocycles. The molecule has 0 aromatic carbocycles. The molecule has 0 saturated heterocycles. The van der Waals surface area contributed by atoms with Crippen molar-refractivity contribution in [2.75, 3.05) is 27.4 Å². The Kier molecular flexibility index (Phi) is 15.0. The summed E-state index contributed by atoms with van der Waals surface area (Å²) in [4.78, 5) is 20.4. The number of esters is 2. The van der Waals surface area contributed by atoms with Crippen LogP contribution < -0.4 is 0 Å². The maximum absolute atomic E-state index is 10.3. The molecule has 0 bridgehead atoms. The lowest BCUT2D eigenvalue weighted by Gasteiger charge is -1.96. The van der Waals surface area contributed by atoms with Gasteiger partial charge in [-0.2, -0.15) is 0 Å². The summed E-state index contributed by atoms with van der Waals surface area (Å²) in [6, 6.07) is 0. The number of unbranched alkanes of at least 4 members (excludes halogenated alkanes) is 1. The third kappa shape index (κ3) is 18.6. The van der Waals surface area contributed by atoms with E-state index in [-0.39, 0.29) is 11.9 Å². The summed E-state index contributed by atoms with van der Waals surface area (Å²) in [7, 11) is 2.90. The molecule has 0 radical (unpaired) electrons. The van der Waals surface area contributed by atoms with Crippen molar-refractivity contribution < 1.29 is 23.8 Å². The highest BCUT2D eigenvalue weighted by atomic mass is 16.5. The van der Waals surface area contributed by atoms with E-state index in [0.29, 0.717) is 19.6 Å². The monoisotopic (exact) mass is 234 g/mol. The molecule has 0 atom stereocenters. The Hall–Kier alpha value is -1.10. The van der Waals surface area contributed by atoms with E-state index in [1.165, 1.54) is 14.0 Å². The second-order valence-corrected chi connectivity index (χ2v) is 3.01. The molecule has 5 nitrogen and oxygen atoms in total. The Balaban J connectivity index is 0. The molecule has 16 heavy (non-hydrogen) atoms. The van der Waals surface area contributed by atoms with Gasteiger partial charge in [0.15, 0.2) is 0 Å². The fourth-order valence-electron chi connectivity index (χ4n) is 0.648. The SMILES string of the molecule is CCCCOC(C)=O.COCCC(=O)OC. The summed E-state index contributed by atoms with van der Waals surface area (Å²) in [5.41, 5.74) is 0. The Morgan fingerprint density at radius 2 is 1.75 bits per heavy atom. The summed E-state index contributed by atoms with van der Waals surface area (Å²) in [6.07, 6.45) is 2.39. The van der Waals surface area contributed by atoms with E-state index in [2.05, 4.69) is 21.1 Å². The molecule has 0 amide bonds. The minimum Gasteiger partial charge on any atom is -0.469 e. The standard InChI is InChI=1S/C6H12O2.C5H10O3/c1-3-4-5-8-6(2)7;1-7-4-3-5(6)8-2/h3-5H2,1-2H3;3-4H2,1-2H3. The van der Waals surface area contributed by atoms with Gasteiger partial charge >= 0.3 is 11.9 Å². The molecule has 0 fully saturated rings. The van der Waals surface area contributed by atoms with Crippen LogP contribution in [-0.4, -0.2) is 39.4 Å². The van der Waals surface area contributed by atoms with Crippen LogP contribution in [0.4, 0.5) is 0 Å². The van der Waals surface area contributed by atoms with Crippen LogP contribution in [0.15, 0.2) is 0 Å². The quantitative estimate of drug-likeness (QED) is 0.515. The van der Waals surface area contributed by atoms with Crippen molar-refractivity contribution in [1.82, 2.24) is 0 Å². The lowest BCUT2D eigenvalue weighted by Crippen LogP contribution is -2.03. The second kappa shape index (κ2) is 13.9. The van der Waals surface area contributed by atoms with Crippen molar-refractivity contribution in [3.63, 3.8) is 0 Å². The van der Waals surface area contributed by atoms with Gasteiger partial charge in [0.05, 0.1) is 26.7 Å². The predicted octanol–water partition coefficient (Wildman–Crippen LogP) is 1.55. The van der Waals surface area contributed by atoms with Gasteiger partial charge in [0.25, 0.3) is 0 Å². The van der Waals surface area contributed by atoms with Crippen LogP contribution in [0.1, 0.15) is 33.1 Å². The minimum atomic E-state index is -0.230. The van der Waals surface area contributed by atoms with Crippen LogP contribution in [0.2, 0.25) is 0 Å². The largest absolute Gasteiger partial charge is 0.469 e. The number of hydrogen-bond donors (Lipinski definition) is 0. The number of hydrogen-bond acceptors (Lipinski definition) is 5. The van der Waals surface area contributed by atoms with Crippen molar-refractivity contribution in [2.45, 2.75) is 33.1 Å². The third-order valence-corrected chi connectivity index (χ3v) is 1.54. The molecule has 0 aromatic rings. The lowest BCUT2D eigenvalue weighted by atomic mass is 10.4. The van der Waals surface area contributed by atoms with Gasteiger partial charge in [0, 0.05) is 14.0 Å². The number of carbonyl (C=O) groups is 2. The van der Waals surface area contributed by atoms with Crippen molar-refractivity contribution in [3.8, 4) is 0 Å². The minimum absolute atomic E-state index is 0.182. The smallest absolute Gasteiger partial charge is 0.307 e. The van der Waals surface area contributed by atoms with Crippen molar-refractivity contribution >= 4 is 11.9 Å². The number of rotatable bonds is 6. The number of carbonyl (C=O) groups excluding carboxylic acids is 2. The van der Waals surface area contributed by atoms with Gasteiger partial charge in [-0.1, -0.05) is 13.3 Å². The van der Waals surface area contributed by atoms with Crippen molar-refractivity contribution in [1.29, 1.82) is 0 Å². The Morgan fingerprint density at radius 3 is 2.12 bits per heavy atom. The summed E-state index contributed by atoms with van der Waals surface area (Å²) in [5.74, 6) is -0.412. The lowest BCUT2D eigenvalue weighted by molar-refractivity contribution is -0.142. The zero-order chi connectivity index (χ0) is 12.8. The molecule has 0 unspecified atom stereocenters. The molecule has 0 saturated carbocycles. The van der Waals surface area contributed by atoms with Crippen LogP contribution in [0, 0.1) is 0 Å². The van der Waals surface area contributed by atoms with Crippen LogP contribution in [-0.2, 0) is 23.8 Å². The van der Waals surface area contributed by atoms with Crippen LogP contribution >= 0.6 is 0 Å². The summed E-state index contributed by atoms with van der Waals surface area (Å²) in [6.45, 7) is 4.50. The van der Waals surface area contributed by atoms with E-state index in [4.69, 9.17) is 0 Å². The second-order valence-electron chi connectivity index (χ2n) is 3.01. The van der Waals surface area contributed by atoms with E-state index in [1.807, 2.05) is 0 Å². The van der Waals surface area contributed by atoms with E-state index < -0.39 is 0 Å². The molecule has 0 N–H and O–H groups in total. The molecule has 0 aliphatic carbocycles. The first-order chi connectivity index (χ1) is 7.58. The fraction of sp³-hybridized carbons (Fsp3) is 0.818. The molecule has 0 rings (SSSR count). The number of ether oxygens (including phenoxy) is 3. The van der Waals surface area contributed by atoms with E-state index in [1.54, 1.807) is 7.11 Å². The predicted molar refractivity (Wildman–Crippen MR) is 60.1 cm³/mol. The van der Waals surface area contributed by atoms with Crippen LogP contribution in [0.25, 0.3) is 0 Å². The maximum atomic E-state index is 10.3. The number of methoxy groups -OCH3 is 2. The van der Waals surface area contributed by atoms with Crippen LogP contribution in [0.3, 0.4) is 0 Å². The zero-order valence-corrected chi connectivity index (χ0v) is 10.6. The first-order valence-electron chi connectivity index (χ1n) is 5.27.